The number of furan rings is 1. The molecule has 0 amide bonds. The summed E-state index contributed by atoms with van der Waals surface area (Å²) in [7, 11) is 0. The van der Waals surface area contributed by atoms with Crippen molar-refractivity contribution in [3.05, 3.63) is 58.0 Å². The van der Waals surface area contributed by atoms with Crippen LogP contribution < -0.4 is 0 Å². The molecule has 20 heavy (non-hydrogen) atoms. The van der Waals surface area contributed by atoms with E-state index >= 15 is 0 Å². The van der Waals surface area contributed by atoms with Crippen LogP contribution in [0.2, 0.25) is 0 Å². The van der Waals surface area contributed by atoms with Crippen LogP contribution in [0.1, 0.15) is 38.6 Å². The predicted molar refractivity (Wildman–Crippen MR) is 73.2 cm³/mol. The van der Waals surface area contributed by atoms with E-state index in [0.29, 0.717) is 16.9 Å². The van der Waals surface area contributed by atoms with Crippen molar-refractivity contribution in [3.63, 3.8) is 0 Å². The van der Waals surface area contributed by atoms with Gasteiger partial charge in [0.25, 0.3) is 0 Å². The Morgan fingerprint density at radius 1 is 1.20 bits per heavy atom. The lowest BCUT2D eigenvalue weighted by atomic mass is 10.1. The SMILES string of the molecule is Cc1oc(C)c(C(=O)OCc2ccc(C#N)cc2)c1C. The first kappa shape index (κ1) is 13.9. The van der Waals surface area contributed by atoms with Gasteiger partial charge in [-0.2, -0.15) is 5.26 Å². The Morgan fingerprint density at radius 3 is 2.35 bits per heavy atom. The molecule has 0 bridgehead atoms. The first-order valence-electron chi connectivity index (χ1n) is 6.25. The molecule has 4 heteroatoms. The molecule has 2 aromatic rings. The first-order chi connectivity index (χ1) is 9.52. The molecule has 0 aliphatic carbocycles. The van der Waals surface area contributed by atoms with Gasteiger partial charge in [0.05, 0.1) is 11.6 Å². The molecule has 1 heterocycles. The molecule has 0 fully saturated rings. The van der Waals surface area contributed by atoms with Crippen molar-refractivity contribution in [2.75, 3.05) is 0 Å². The summed E-state index contributed by atoms with van der Waals surface area (Å²) in [6, 6.07) is 8.97. The molecule has 0 N–H and O–H groups in total. The zero-order chi connectivity index (χ0) is 14.7. The fraction of sp³-hybridized carbons (Fsp3) is 0.250. The number of ether oxygens (including phenoxy) is 1. The largest absolute Gasteiger partial charge is 0.465 e. The van der Waals surface area contributed by atoms with Gasteiger partial charge in [0.15, 0.2) is 0 Å². The van der Waals surface area contributed by atoms with Crippen LogP contribution in [0.4, 0.5) is 0 Å². The van der Waals surface area contributed by atoms with Crippen LogP contribution in [-0.4, -0.2) is 5.97 Å². The van der Waals surface area contributed by atoms with E-state index in [4.69, 9.17) is 14.4 Å². The highest BCUT2D eigenvalue weighted by Gasteiger charge is 2.19. The Balaban J connectivity index is 2.07. The normalized spacial score (nSPS) is 10.1. The maximum absolute atomic E-state index is 12.1. The van der Waals surface area contributed by atoms with Crippen LogP contribution in [0.5, 0.6) is 0 Å². The quantitative estimate of drug-likeness (QED) is 0.801. The van der Waals surface area contributed by atoms with Crippen molar-refractivity contribution in [2.45, 2.75) is 27.4 Å². The number of hydrogen-bond acceptors (Lipinski definition) is 4. The van der Waals surface area contributed by atoms with E-state index in [-0.39, 0.29) is 12.6 Å². The third-order valence-corrected chi connectivity index (χ3v) is 3.22. The van der Waals surface area contributed by atoms with Crippen molar-refractivity contribution < 1.29 is 13.9 Å². The fourth-order valence-corrected chi connectivity index (χ4v) is 1.99. The minimum atomic E-state index is -0.388. The van der Waals surface area contributed by atoms with Gasteiger partial charge in [0.1, 0.15) is 23.7 Å². The molecule has 102 valence electrons. The second-order valence-electron chi connectivity index (χ2n) is 4.60. The number of carbonyl (C=O) groups is 1. The fourth-order valence-electron chi connectivity index (χ4n) is 1.99. The maximum Gasteiger partial charge on any atom is 0.342 e. The summed E-state index contributed by atoms with van der Waals surface area (Å²) < 4.78 is 10.7. The second-order valence-corrected chi connectivity index (χ2v) is 4.60. The van der Waals surface area contributed by atoms with Gasteiger partial charge in [0, 0.05) is 5.56 Å². The molecule has 0 saturated carbocycles. The first-order valence-corrected chi connectivity index (χ1v) is 6.25. The number of carbonyl (C=O) groups excluding carboxylic acids is 1. The summed E-state index contributed by atoms with van der Waals surface area (Å²) in [4.78, 5) is 12.1. The smallest absolute Gasteiger partial charge is 0.342 e. The summed E-state index contributed by atoms with van der Waals surface area (Å²) >= 11 is 0. The topological polar surface area (TPSA) is 63.2 Å². The van der Waals surface area contributed by atoms with Gasteiger partial charge in [-0.1, -0.05) is 12.1 Å². The van der Waals surface area contributed by atoms with Gasteiger partial charge in [-0.05, 0) is 38.5 Å². The zero-order valence-corrected chi connectivity index (χ0v) is 11.7. The van der Waals surface area contributed by atoms with Gasteiger partial charge < -0.3 is 9.15 Å². The van der Waals surface area contributed by atoms with E-state index in [0.717, 1.165) is 16.9 Å². The summed E-state index contributed by atoms with van der Waals surface area (Å²) in [5.41, 5.74) is 2.73. The van der Waals surface area contributed by atoms with E-state index in [2.05, 4.69) is 0 Å². The summed E-state index contributed by atoms with van der Waals surface area (Å²) in [5, 5.41) is 8.71. The molecule has 4 nitrogen and oxygen atoms in total. The van der Waals surface area contributed by atoms with E-state index in [1.165, 1.54) is 0 Å². The molecule has 0 aliphatic rings. The lowest BCUT2D eigenvalue weighted by Gasteiger charge is -2.05. The van der Waals surface area contributed by atoms with Crippen molar-refractivity contribution in [1.82, 2.24) is 0 Å². The van der Waals surface area contributed by atoms with Crippen LogP contribution in [0.3, 0.4) is 0 Å². The molecule has 1 aromatic heterocycles. The minimum absolute atomic E-state index is 0.174. The van der Waals surface area contributed by atoms with Gasteiger partial charge in [-0.3, -0.25) is 0 Å². The van der Waals surface area contributed by atoms with Gasteiger partial charge >= 0.3 is 5.97 Å². The van der Waals surface area contributed by atoms with E-state index in [9.17, 15) is 4.79 Å². The Morgan fingerprint density at radius 2 is 1.85 bits per heavy atom. The highest BCUT2D eigenvalue weighted by atomic mass is 16.5. The molecule has 2 rings (SSSR count). The lowest BCUT2D eigenvalue weighted by molar-refractivity contribution is 0.0470. The van der Waals surface area contributed by atoms with Gasteiger partial charge in [-0.25, -0.2) is 4.79 Å². The Labute approximate surface area is 117 Å². The second kappa shape index (κ2) is 5.62. The molecule has 1 aromatic carbocycles. The third kappa shape index (κ3) is 2.72. The molecular formula is C16H15NO3. The molecule has 0 radical (unpaired) electrons. The van der Waals surface area contributed by atoms with Crippen LogP contribution in [0.15, 0.2) is 28.7 Å². The predicted octanol–water partition coefficient (Wildman–Crippen LogP) is 3.43. The summed E-state index contributed by atoms with van der Waals surface area (Å²) in [5.74, 6) is 0.916. The van der Waals surface area contributed by atoms with Crippen LogP contribution in [-0.2, 0) is 11.3 Å². The van der Waals surface area contributed by atoms with E-state index in [1.54, 1.807) is 31.2 Å². The van der Waals surface area contributed by atoms with Crippen molar-refractivity contribution in [1.29, 1.82) is 5.26 Å². The van der Waals surface area contributed by atoms with Crippen LogP contribution in [0, 0.1) is 32.1 Å². The minimum Gasteiger partial charge on any atom is -0.465 e. The molecule has 0 spiro atoms. The number of rotatable bonds is 3. The van der Waals surface area contributed by atoms with Crippen LogP contribution in [0.25, 0.3) is 0 Å². The number of nitrogens with zero attached hydrogens (tertiary/aromatic N) is 1. The molecule has 0 saturated heterocycles. The van der Waals surface area contributed by atoms with E-state index < -0.39 is 0 Å². The lowest BCUT2D eigenvalue weighted by Crippen LogP contribution is -2.07. The summed E-state index contributed by atoms with van der Waals surface area (Å²) in [6.07, 6.45) is 0. The Bertz CT molecular complexity index is 675. The number of esters is 1. The molecule has 0 unspecified atom stereocenters. The number of hydrogen-bond donors (Lipinski definition) is 0. The molecule has 0 aliphatic heterocycles. The maximum atomic E-state index is 12.1. The van der Waals surface area contributed by atoms with Crippen LogP contribution >= 0.6 is 0 Å². The monoisotopic (exact) mass is 269 g/mol. The van der Waals surface area contributed by atoms with Crippen molar-refractivity contribution >= 4 is 5.97 Å². The average molecular weight is 269 g/mol. The van der Waals surface area contributed by atoms with Gasteiger partial charge in [0.2, 0.25) is 0 Å². The standard InChI is InChI=1S/C16H15NO3/c1-10-11(2)20-12(3)15(10)16(18)19-9-14-6-4-13(8-17)5-7-14/h4-7H,9H2,1-3H3. The summed E-state index contributed by atoms with van der Waals surface area (Å²) in [6.45, 7) is 5.58. The highest BCUT2D eigenvalue weighted by Crippen LogP contribution is 2.21. The average Bonchev–Trinajstić information content (AvgIpc) is 2.70. The molecule has 0 atom stereocenters. The zero-order valence-electron chi connectivity index (χ0n) is 11.7. The number of aryl methyl sites for hydroxylation is 2. The highest BCUT2D eigenvalue weighted by molar-refractivity contribution is 5.92. The van der Waals surface area contributed by atoms with Crippen molar-refractivity contribution in [3.8, 4) is 6.07 Å². The third-order valence-electron chi connectivity index (χ3n) is 3.22. The van der Waals surface area contributed by atoms with Gasteiger partial charge in [-0.15, -0.1) is 0 Å². The Hall–Kier alpha value is -2.54. The number of benzene rings is 1. The molecular weight excluding hydrogens is 254 g/mol. The Kier molecular flexibility index (Phi) is 3.90. The van der Waals surface area contributed by atoms with E-state index in [1.807, 2.05) is 19.9 Å². The number of nitriles is 1. The van der Waals surface area contributed by atoms with Crippen molar-refractivity contribution in [2.24, 2.45) is 0 Å².